The van der Waals surface area contributed by atoms with Crippen molar-refractivity contribution in [3.8, 4) is 0 Å². The number of aromatic nitrogens is 1. The van der Waals surface area contributed by atoms with E-state index < -0.39 is 0 Å². The van der Waals surface area contributed by atoms with Crippen LogP contribution in [0, 0.1) is 5.82 Å². The summed E-state index contributed by atoms with van der Waals surface area (Å²) in [5.74, 6) is 0.505. The molecule has 32 heavy (non-hydrogen) atoms. The summed E-state index contributed by atoms with van der Waals surface area (Å²) in [6.07, 6.45) is 2.19. The van der Waals surface area contributed by atoms with E-state index in [1.807, 2.05) is 18.2 Å². The molecule has 2 aromatic carbocycles. The van der Waals surface area contributed by atoms with Gasteiger partial charge in [-0.2, -0.15) is 0 Å². The van der Waals surface area contributed by atoms with Crippen molar-refractivity contribution in [2.75, 3.05) is 48.3 Å². The fraction of sp³-hybridized carbons (Fsp3) is 0.333. The molecule has 0 atom stereocenters. The van der Waals surface area contributed by atoms with Crippen molar-refractivity contribution < 1.29 is 9.18 Å². The van der Waals surface area contributed by atoms with Gasteiger partial charge in [0.2, 0.25) is 0 Å². The normalized spacial score (nSPS) is 14.0. The largest absolute Gasteiger partial charge is 0.370 e. The van der Waals surface area contributed by atoms with Crippen LogP contribution in [0.25, 0.3) is 10.9 Å². The van der Waals surface area contributed by atoms with E-state index in [4.69, 9.17) is 16.6 Å². The second-order valence-corrected chi connectivity index (χ2v) is 8.32. The zero-order valence-electron chi connectivity index (χ0n) is 18.1. The highest BCUT2D eigenvalue weighted by Crippen LogP contribution is 2.31. The van der Waals surface area contributed by atoms with Crippen LogP contribution in [0.5, 0.6) is 0 Å². The van der Waals surface area contributed by atoms with Gasteiger partial charge in [0, 0.05) is 60.6 Å². The van der Waals surface area contributed by atoms with Crippen molar-refractivity contribution >= 4 is 45.7 Å². The average Bonchev–Trinajstić information content (AvgIpc) is 2.80. The number of carbonyl (C=O) groups is 1. The summed E-state index contributed by atoms with van der Waals surface area (Å²) in [5, 5.41) is 7.94. The number of halogens is 2. The van der Waals surface area contributed by atoms with Crippen LogP contribution in [0.1, 0.15) is 19.8 Å². The highest BCUT2D eigenvalue weighted by atomic mass is 35.5. The minimum Gasteiger partial charge on any atom is -0.370 e. The van der Waals surface area contributed by atoms with Crippen LogP contribution >= 0.6 is 11.6 Å². The molecule has 1 aliphatic heterocycles. The lowest BCUT2D eigenvalue weighted by molar-refractivity contribution is 0.208. The molecule has 2 amide bonds. The Labute approximate surface area is 192 Å². The zero-order chi connectivity index (χ0) is 22.5. The van der Waals surface area contributed by atoms with Gasteiger partial charge in [0.1, 0.15) is 11.6 Å². The van der Waals surface area contributed by atoms with Gasteiger partial charge < -0.3 is 20.4 Å². The van der Waals surface area contributed by atoms with Gasteiger partial charge in [-0.15, -0.1) is 0 Å². The summed E-state index contributed by atoms with van der Waals surface area (Å²) >= 11 is 6.22. The van der Waals surface area contributed by atoms with Crippen LogP contribution in [0.4, 0.5) is 26.4 Å². The van der Waals surface area contributed by atoms with E-state index in [-0.39, 0.29) is 11.8 Å². The molecule has 2 heterocycles. The number of fused-ring (bicyclic) bond motifs is 1. The van der Waals surface area contributed by atoms with Crippen LogP contribution in [0.15, 0.2) is 48.5 Å². The van der Waals surface area contributed by atoms with Gasteiger partial charge in [0.15, 0.2) is 0 Å². The summed E-state index contributed by atoms with van der Waals surface area (Å²) in [6.45, 7) is 5.60. The number of urea groups is 1. The number of pyridine rings is 1. The number of piperazine rings is 1. The Morgan fingerprint density at radius 3 is 2.56 bits per heavy atom. The number of carbonyl (C=O) groups excluding carboxylic acids is 1. The van der Waals surface area contributed by atoms with Gasteiger partial charge in [0.05, 0.1) is 5.52 Å². The molecule has 6 nitrogen and oxygen atoms in total. The van der Waals surface area contributed by atoms with Crippen LogP contribution < -0.4 is 15.5 Å². The molecule has 1 aliphatic rings. The Balaban J connectivity index is 1.47. The maximum atomic E-state index is 13.1. The minimum atomic E-state index is -0.328. The Morgan fingerprint density at radius 2 is 1.84 bits per heavy atom. The number of hydrogen-bond donors (Lipinski definition) is 2. The van der Waals surface area contributed by atoms with Crippen molar-refractivity contribution in [2.45, 2.75) is 19.8 Å². The van der Waals surface area contributed by atoms with Crippen LogP contribution in [0.3, 0.4) is 0 Å². The van der Waals surface area contributed by atoms with Gasteiger partial charge in [-0.05, 0) is 48.9 Å². The molecule has 0 saturated carbocycles. The highest BCUT2D eigenvalue weighted by Gasteiger charge is 2.23. The lowest BCUT2D eigenvalue weighted by Crippen LogP contribution is -2.50. The summed E-state index contributed by atoms with van der Waals surface area (Å²) < 4.78 is 13.1. The molecule has 8 heteroatoms. The number of unbranched alkanes of at least 4 members (excludes halogenated alkanes) is 1. The number of anilines is 3. The second-order valence-electron chi connectivity index (χ2n) is 7.88. The Hall–Kier alpha value is -3.06. The van der Waals surface area contributed by atoms with E-state index in [0.717, 1.165) is 41.8 Å². The first kappa shape index (κ1) is 22.1. The first-order chi connectivity index (χ1) is 15.5. The third kappa shape index (κ3) is 5.22. The van der Waals surface area contributed by atoms with E-state index in [2.05, 4.69) is 28.5 Å². The molecule has 0 aliphatic carbocycles. The Bertz CT molecular complexity index is 1080. The molecule has 3 aromatic rings. The molecule has 0 unspecified atom stereocenters. The molecule has 168 valence electrons. The van der Waals surface area contributed by atoms with Gasteiger partial charge >= 0.3 is 6.03 Å². The smallest absolute Gasteiger partial charge is 0.321 e. The van der Waals surface area contributed by atoms with E-state index in [1.54, 1.807) is 17.0 Å². The SMILES string of the molecule is CCCCNc1cc(N2CCN(C(=O)Nc3ccc(F)cc3)CC2)c2ccc(Cl)cc2n1. The third-order valence-electron chi connectivity index (χ3n) is 5.59. The number of benzene rings is 2. The summed E-state index contributed by atoms with van der Waals surface area (Å²) in [6, 6.07) is 13.5. The standard InChI is InChI=1S/C24H27ClFN5O/c1-2-3-10-27-23-16-22(20-9-4-17(25)15-21(20)29-23)30-11-13-31(14-12-30)24(32)28-19-7-5-18(26)6-8-19/h4-9,15-16H,2-3,10-14H2,1H3,(H,27,29)(H,28,32). The third-order valence-corrected chi connectivity index (χ3v) is 5.82. The topological polar surface area (TPSA) is 60.5 Å². The predicted octanol–water partition coefficient (Wildman–Crippen LogP) is 5.59. The molecule has 0 spiro atoms. The van der Waals surface area contributed by atoms with Crippen molar-refractivity contribution in [3.63, 3.8) is 0 Å². The van der Waals surface area contributed by atoms with Crippen LogP contribution in [-0.4, -0.2) is 48.6 Å². The number of rotatable bonds is 6. The maximum Gasteiger partial charge on any atom is 0.321 e. The molecule has 1 aromatic heterocycles. The van der Waals surface area contributed by atoms with E-state index in [1.165, 1.54) is 12.1 Å². The van der Waals surface area contributed by atoms with Gasteiger partial charge in [-0.3, -0.25) is 0 Å². The lowest BCUT2D eigenvalue weighted by atomic mass is 10.1. The van der Waals surface area contributed by atoms with Gasteiger partial charge in [-0.25, -0.2) is 14.2 Å². The first-order valence-corrected chi connectivity index (χ1v) is 11.3. The van der Waals surface area contributed by atoms with Crippen molar-refractivity contribution in [1.29, 1.82) is 0 Å². The summed E-state index contributed by atoms with van der Waals surface area (Å²) in [5.41, 5.74) is 2.52. The molecular formula is C24H27ClFN5O. The summed E-state index contributed by atoms with van der Waals surface area (Å²) in [4.78, 5) is 21.4. The number of nitrogens with zero attached hydrogens (tertiary/aromatic N) is 3. The van der Waals surface area contributed by atoms with Crippen molar-refractivity contribution in [3.05, 3.63) is 59.4 Å². The molecular weight excluding hydrogens is 429 g/mol. The second kappa shape index (κ2) is 10.0. The van der Waals surface area contributed by atoms with Crippen molar-refractivity contribution in [1.82, 2.24) is 9.88 Å². The number of nitrogens with one attached hydrogen (secondary N) is 2. The first-order valence-electron chi connectivity index (χ1n) is 10.9. The van der Waals surface area contributed by atoms with Crippen molar-refractivity contribution in [2.24, 2.45) is 0 Å². The minimum absolute atomic E-state index is 0.176. The van der Waals surface area contributed by atoms with E-state index in [9.17, 15) is 9.18 Å². The van der Waals surface area contributed by atoms with Crippen LogP contribution in [-0.2, 0) is 0 Å². The fourth-order valence-corrected chi connectivity index (χ4v) is 3.98. The fourth-order valence-electron chi connectivity index (χ4n) is 3.81. The van der Waals surface area contributed by atoms with Gasteiger partial charge in [-0.1, -0.05) is 24.9 Å². The zero-order valence-corrected chi connectivity index (χ0v) is 18.8. The molecule has 0 bridgehead atoms. The molecule has 1 saturated heterocycles. The van der Waals surface area contributed by atoms with Gasteiger partial charge in [0.25, 0.3) is 0 Å². The Morgan fingerprint density at radius 1 is 1.09 bits per heavy atom. The molecule has 2 N–H and O–H groups in total. The van der Waals surface area contributed by atoms with E-state index in [0.29, 0.717) is 36.9 Å². The molecule has 1 fully saturated rings. The summed E-state index contributed by atoms with van der Waals surface area (Å²) in [7, 11) is 0. The monoisotopic (exact) mass is 455 g/mol. The maximum absolute atomic E-state index is 13.1. The number of hydrogen-bond acceptors (Lipinski definition) is 4. The molecule has 4 rings (SSSR count). The lowest BCUT2D eigenvalue weighted by Gasteiger charge is -2.36. The Kier molecular flexibility index (Phi) is 6.95. The highest BCUT2D eigenvalue weighted by molar-refractivity contribution is 6.31. The van der Waals surface area contributed by atoms with Crippen LogP contribution in [0.2, 0.25) is 5.02 Å². The van der Waals surface area contributed by atoms with E-state index >= 15 is 0 Å². The quantitative estimate of drug-likeness (QED) is 0.475. The average molecular weight is 456 g/mol. The molecule has 0 radical (unpaired) electrons. The number of amides is 2. The predicted molar refractivity (Wildman–Crippen MR) is 129 cm³/mol.